The summed E-state index contributed by atoms with van der Waals surface area (Å²) in [6.45, 7) is 0. The van der Waals surface area contributed by atoms with Crippen LogP contribution in [0.2, 0.25) is 0 Å². The normalized spacial score (nSPS) is 10.4. The SMILES string of the molecule is Nc1ccccc1Cc1nnc(S)s1. The zero-order valence-corrected chi connectivity index (χ0v) is 9.05. The summed E-state index contributed by atoms with van der Waals surface area (Å²) in [5.74, 6) is 0. The molecule has 0 aliphatic heterocycles. The van der Waals surface area contributed by atoms with Crippen molar-refractivity contribution in [2.45, 2.75) is 10.8 Å². The summed E-state index contributed by atoms with van der Waals surface area (Å²) in [6.07, 6.45) is 0.727. The maximum Gasteiger partial charge on any atom is 0.171 e. The van der Waals surface area contributed by atoms with Gasteiger partial charge in [0.25, 0.3) is 0 Å². The molecule has 0 atom stereocenters. The van der Waals surface area contributed by atoms with Gasteiger partial charge in [-0.2, -0.15) is 0 Å². The monoisotopic (exact) mass is 223 g/mol. The number of benzene rings is 1. The van der Waals surface area contributed by atoms with Gasteiger partial charge < -0.3 is 5.73 Å². The van der Waals surface area contributed by atoms with Crippen molar-refractivity contribution in [1.82, 2.24) is 10.2 Å². The van der Waals surface area contributed by atoms with Crippen molar-refractivity contribution in [3.05, 3.63) is 34.8 Å². The number of nitrogens with two attached hydrogens (primary N) is 1. The molecule has 0 saturated carbocycles. The molecular formula is C9H9N3S2. The van der Waals surface area contributed by atoms with Gasteiger partial charge in [-0.15, -0.1) is 22.8 Å². The van der Waals surface area contributed by atoms with Gasteiger partial charge in [0.15, 0.2) is 4.34 Å². The van der Waals surface area contributed by atoms with Crippen LogP contribution >= 0.6 is 24.0 Å². The Kier molecular flexibility index (Phi) is 2.69. The highest BCUT2D eigenvalue weighted by Gasteiger charge is 2.04. The van der Waals surface area contributed by atoms with Crippen molar-refractivity contribution in [2.75, 3.05) is 5.73 Å². The summed E-state index contributed by atoms with van der Waals surface area (Å²) in [5.41, 5.74) is 7.69. The summed E-state index contributed by atoms with van der Waals surface area (Å²) >= 11 is 5.59. The van der Waals surface area contributed by atoms with E-state index >= 15 is 0 Å². The minimum Gasteiger partial charge on any atom is -0.398 e. The molecule has 2 rings (SSSR count). The van der Waals surface area contributed by atoms with Crippen LogP contribution in [-0.2, 0) is 6.42 Å². The van der Waals surface area contributed by atoms with E-state index in [0.29, 0.717) is 4.34 Å². The van der Waals surface area contributed by atoms with Crippen LogP contribution in [0.4, 0.5) is 5.69 Å². The predicted molar refractivity (Wildman–Crippen MR) is 60.8 cm³/mol. The molecule has 0 spiro atoms. The molecule has 0 aliphatic rings. The van der Waals surface area contributed by atoms with E-state index in [4.69, 9.17) is 5.73 Å². The van der Waals surface area contributed by atoms with Gasteiger partial charge in [0.05, 0.1) is 0 Å². The van der Waals surface area contributed by atoms with Crippen LogP contribution in [0.3, 0.4) is 0 Å². The van der Waals surface area contributed by atoms with Gasteiger partial charge in [0.1, 0.15) is 5.01 Å². The molecule has 72 valence electrons. The Balaban J connectivity index is 2.23. The molecule has 0 unspecified atom stereocenters. The molecule has 2 aromatic rings. The van der Waals surface area contributed by atoms with Crippen LogP contribution in [0, 0.1) is 0 Å². The largest absolute Gasteiger partial charge is 0.398 e. The Labute approximate surface area is 91.4 Å². The van der Waals surface area contributed by atoms with Gasteiger partial charge in [0.2, 0.25) is 0 Å². The first-order chi connectivity index (χ1) is 6.75. The smallest absolute Gasteiger partial charge is 0.171 e. The number of thiol groups is 1. The summed E-state index contributed by atoms with van der Waals surface area (Å²) < 4.78 is 0.689. The molecule has 1 aromatic carbocycles. The van der Waals surface area contributed by atoms with Gasteiger partial charge in [-0.1, -0.05) is 29.5 Å². The molecule has 0 amide bonds. The van der Waals surface area contributed by atoms with Crippen molar-refractivity contribution in [3.63, 3.8) is 0 Å². The van der Waals surface area contributed by atoms with E-state index in [-0.39, 0.29) is 0 Å². The molecule has 14 heavy (non-hydrogen) atoms. The van der Waals surface area contributed by atoms with Crippen LogP contribution in [0.15, 0.2) is 28.6 Å². The molecule has 0 radical (unpaired) electrons. The molecule has 2 N–H and O–H groups in total. The van der Waals surface area contributed by atoms with Crippen molar-refractivity contribution < 1.29 is 0 Å². The minimum absolute atomic E-state index is 0.689. The number of nitrogens with zero attached hydrogens (tertiary/aromatic N) is 2. The Morgan fingerprint density at radius 3 is 2.71 bits per heavy atom. The number of aromatic nitrogens is 2. The van der Waals surface area contributed by atoms with E-state index in [2.05, 4.69) is 22.8 Å². The van der Waals surface area contributed by atoms with Crippen molar-refractivity contribution >= 4 is 29.7 Å². The second kappa shape index (κ2) is 3.98. The van der Waals surface area contributed by atoms with E-state index in [1.54, 1.807) is 0 Å². The lowest BCUT2D eigenvalue weighted by atomic mass is 10.1. The Hall–Kier alpha value is -1.07. The highest BCUT2D eigenvalue weighted by Crippen LogP contribution is 2.19. The minimum atomic E-state index is 0.689. The maximum absolute atomic E-state index is 5.81. The molecular weight excluding hydrogens is 214 g/mol. The fraction of sp³-hybridized carbons (Fsp3) is 0.111. The fourth-order valence-corrected chi connectivity index (χ4v) is 2.14. The second-order valence-electron chi connectivity index (χ2n) is 2.85. The number of hydrogen-bond acceptors (Lipinski definition) is 5. The lowest BCUT2D eigenvalue weighted by molar-refractivity contribution is 0.959. The van der Waals surface area contributed by atoms with E-state index in [9.17, 15) is 0 Å². The van der Waals surface area contributed by atoms with E-state index < -0.39 is 0 Å². The van der Waals surface area contributed by atoms with Crippen LogP contribution in [-0.4, -0.2) is 10.2 Å². The van der Waals surface area contributed by atoms with Crippen LogP contribution in [0.5, 0.6) is 0 Å². The summed E-state index contributed by atoms with van der Waals surface area (Å²) in [4.78, 5) is 0. The lowest BCUT2D eigenvalue weighted by Crippen LogP contribution is -1.94. The van der Waals surface area contributed by atoms with Crippen LogP contribution in [0.25, 0.3) is 0 Å². The molecule has 0 bridgehead atoms. The standard InChI is InChI=1S/C9H9N3S2/c10-7-4-2-1-3-6(7)5-8-11-12-9(13)14-8/h1-4H,5,10H2,(H,12,13). The lowest BCUT2D eigenvalue weighted by Gasteiger charge is -2.01. The highest BCUT2D eigenvalue weighted by molar-refractivity contribution is 7.82. The molecule has 1 aromatic heterocycles. The van der Waals surface area contributed by atoms with Gasteiger partial charge in [-0.25, -0.2) is 0 Å². The Morgan fingerprint density at radius 2 is 2.07 bits per heavy atom. The summed E-state index contributed by atoms with van der Waals surface area (Å²) in [7, 11) is 0. The first kappa shape index (κ1) is 9.48. The number of hydrogen-bond donors (Lipinski definition) is 2. The topological polar surface area (TPSA) is 51.8 Å². The van der Waals surface area contributed by atoms with Gasteiger partial charge in [0, 0.05) is 12.1 Å². The Morgan fingerprint density at radius 1 is 1.29 bits per heavy atom. The van der Waals surface area contributed by atoms with Crippen molar-refractivity contribution in [1.29, 1.82) is 0 Å². The number of para-hydroxylation sites is 1. The molecule has 3 nitrogen and oxygen atoms in total. The van der Waals surface area contributed by atoms with Crippen LogP contribution < -0.4 is 5.73 Å². The number of nitrogen functional groups attached to an aromatic ring is 1. The molecule has 5 heteroatoms. The Bertz CT molecular complexity index is 439. The van der Waals surface area contributed by atoms with Gasteiger partial charge in [-0.05, 0) is 11.6 Å². The van der Waals surface area contributed by atoms with Crippen molar-refractivity contribution in [2.24, 2.45) is 0 Å². The average Bonchev–Trinajstić information content (AvgIpc) is 2.56. The second-order valence-corrected chi connectivity index (χ2v) is 4.64. The first-order valence-corrected chi connectivity index (χ1v) is 5.37. The van der Waals surface area contributed by atoms with E-state index in [1.807, 2.05) is 24.3 Å². The predicted octanol–water partition coefficient (Wildman–Crippen LogP) is 2.00. The van der Waals surface area contributed by atoms with Crippen molar-refractivity contribution in [3.8, 4) is 0 Å². The van der Waals surface area contributed by atoms with E-state index in [1.165, 1.54) is 11.3 Å². The number of anilines is 1. The van der Waals surface area contributed by atoms with E-state index in [0.717, 1.165) is 22.7 Å². The zero-order valence-electron chi connectivity index (χ0n) is 7.34. The fourth-order valence-electron chi connectivity index (χ4n) is 1.17. The average molecular weight is 223 g/mol. The quantitative estimate of drug-likeness (QED) is 0.605. The van der Waals surface area contributed by atoms with Crippen LogP contribution in [0.1, 0.15) is 10.6 Å². The van der Waals surface area contributed by atoms with Gasteiger partial charge >= 0.3 is 0 Å². The molecule has 0 saturated heterocycles. The maximum atomic E-state index is 5.81. The first-order valence-electron chi connectivity index (χ1n) is 4.10. The third-order valence-electron chi connectivity index (χ3n) is 1.85. The number of rotatable bonds is 2. The van der Waals surface area contributed by atoms with Gasteiger partial charge in [-0.3, -0.25) is 0 Å². The molecule has 1 heterocycles. The zero-order chi connectivity index (χ0) is 9.97. The molecule has 0 aliphatic carbocycles. The highest BCUT2D eigenvalue weighted by atomic mass is 32.2. The third-order valence-corrected chi connectivity index (χ3v) is 2.94. The molecule has 0 fully saturated rings. The third kappa shape index (κ3) is 2.05. The summed E-state index contributed by atoms with van der Waals surface area (Å²) in [6, 6.07) is 7.77. The summed E-state index contributed by atoms with van der Waals surface area (Å²) in [5, 5.41) is 8.76.